The van der Waals surface area contributed by atoms with Crippen molar-refractivity contribution in [1.82, 2.24) is 5.43 Å². The first-order valence-corrected chi connectivity index (χ1v) is 12.3. The number of anilines is 1. The van der Waals surface area contributed by atoms with E-state index in [1.807, 2.05) is 31.2 Å². The Morgan fingerprint density at radius 2 is 1.55 bits per heavy atom. The van der Waals surface area contributed by atoms with Gasteiger partial charge in [-0.15, -0.1) is 0 Å². The van der Waals surface area contributed by atoms with Crippen molar-refractivity contribution in [3.63, 3.8) is 0 Å². The average molecular weight is 542 g/mol. The van der Waals surface area contributed by atoms with Crippen molar-refractivity contribution in [2.75, 3.05) is 26.1 Å². The van der Waals surface area contributed by atoms with Crippen LogP contribution >= 0.6 is 0 Å². The lowest BCUT2D eigenvalue weighted by Crippen LogP contribution is -2.32. The summed E-state index contributed by atoms with van der Waals surface area (Å²) < 4.78 is 21.6. The average Bonchev–Trinajstić information content (AvgIpc) is 2.98. The van der Waals surface area contributed by atoms with Crippen molar-refractivity contribution in [2.45, 2.75) is 6.92 Å². The highest BCUT2D eigenvalue weighted by molar-refractivity contribution is 6.39. The molecule has 40 heavy (non-hydrogen) atoms. The highest BCUT2D eigenvalue weighted by atomic mass is 16.5. The zero-order valence-corrected chi connectivity index (χ0v) is 22.1. The molecule has 0 aromatic heterocycles. The lowest BCUT2D eigenvalue weighted by molar-refractivity contribution is -0.136. The Morgan fingerprint density at radius 1 is 0.825 bits per heavy atom. The summed E-state index contributed by atoms with van der Waals surface area (Å²) in [6, 6.07) is 22.1. The zero-order valence-electron chi connectivity index (χ0n) is 22.1. The number of amides is 2. The van der Waals surface area contributed by atoms with Gasteiger partial charge in [0, 0.05) is 11.3 Å². The first-order chi connectivity index (χ1) is 19.4. The van der Waals surface area contributed by atoms with Crippen molar-refractivity contribution in [3.05, 3.63) is 90.0 Å². The van der Waals surface area contributed by atoms with Crippen LogP contribution in [-0.2, 0) is 9.59 Å². The Balaban J connectivity index is 1.51. The monoisotopic (exact) mass is 541 g/mol. The van der Waals surface area contributed by atoms with Gasteiger partial charge in [0.05, 0.1) is 32.6 Å². The van der Waals surface area contributed by atoms with Gasteiger partial charge >= 0.3 is 17.8 Å². The molecule has 0 unspecified atom stereocenters. The second kappa shape index (κ2) is 12.9. The van der Waals surface area contributed by atoms with E-state index < -0.39 is 17.8 Å². The summed E-state index contributed by atoms with van der Waals surface area (Å²) in [6.45, 7) is 2.38. The number of hydrogen-bond donors (Lipinski definition) is 2. The fourth-order valence-corrected chi connectivity index (χ4v) is 3.81. The Labute approximate surface area is 230 Å². The predicted octanol–water partition coefficient (Wildman–Crippen LogP) is 4.56. The standard InChI is InChI=1S/C30H27N3O7/c1-4-39-22-13-11-21(12-14-22)32-28(34)29(35)33-31-18-24-23-8-6-5-7-19(23)9-15-25(24)40-30(36)20-10-16-26(37-2)27(17-20)38-3/h5-18H,4H2,1-3H3,(H,32,34)(H,33,35). The normalized spacial score (nSPS) is 10.7. The van der Waals surface area contributed by atoms with Gasteiger partial charge in [-0.3, -0.25) is 9.59 Å². The molecule has 4 aromatic rings. The summed E-state index contributed by atoms with van der Waals surface area (Å²) in [6.07, 6.45) is 1.32. The third-order valence-corrected chi connectivity index (χ3v) is 5.74. The molecule has 10 heteroatoms. The predicted molar refractivity (Wildman–Crippen MR) is 150 cm³/mol. The fraction of sp³-hybridized carbons (Fsp3) is 0.133. The Hall–Kier alpha value is -5.38. The number of fused-ring (bicyclic) bond motifs is 1. The molecular weight excluding hydrogens is 514 g/mol. The number of rotatable bonds is 9. The van der Waals surface area contributed by atoms with Crippen molar-refractivity contribution in [1.29, 1.82) is 0 Å². The van der Waals surface area contributed by atoms with E-state index in [4.69, 9.17) is 18.9 Å². The van der Waals surface area contributed by atoms with Crippen molar-refractivity contribution >= 4 is 40.5 Å². The molecular formula is C30H27N3O7. The summed E-state index contributed by atoms with van der Waals surface area (Å²) in [5, 5.41) is 8.02. The lowest BCUT2D eigenvalue weighted by Gasteiger charge is -2.12. The minimum absolute atomic E-state index is 0.204. The van der Waals surface area contributed by atoms with Crippen LogP contribution in [0.2, 0.25) is 0 Å². The molecule has 0 fully saturated rings. The van der Waals surface area contributed by atoms with Gasteiger partial charge in [0.2, 0.25) is 0 Å². The zero-order chi connectivity index (χ0) is 28.5. The van der Waals surface area contributed by atoms with Gasteiger partial charge in [-0.2, -0.15) is 5.10 Å². The van der Waals surface area contributed by atoms with Crippen LogP contribution in [0.4, 0.5) is 5.69 Å². The molecule has 4 rings (SSSR count). The number of hydrogen-bond acceptors (Lipinski definition) is 8. The number of nitrogens with one attached hydrogen (secondary N) is 2. The van der Waals surface area contributed by atoms with E-state index in [0.717, 1.165) is 10.8 Å². The Bertz CT molecular complexity index is 1570. The summed E-state index contributed by atoms with van der Waals surface area (Å²) >= 11 is 0. The van der Waals surface area contributed by atoms with Gasteiger partial charge in [-0.25, -0.2) is 10.2 Å². The topological polar surface area (TPSA) is 125 Å². The van der Waals surface area contributed by atoms with Crippen molar-refractivity contribution in [2.24, 2.45) is 5.10 Å². The van der Waals surface area contributed by atoms with Crippen molar-refractivity contribution < 1.29 is 33.3 Å². The number of ether oxygens (including phenoxy) is 4. The highest BCUT2D eigenvalue weighted by Gasteiger charge is 2.17. The molecule has 0 spiro atoms. The fourth-order valence-electron chi connectivity index (χ4n) is 3.81. The Kier molecular flexibility index (Phi) is 8.93. The number of esters is 1. The number of nitrogens with zero attached hydrogens (tertiary/aromatic N) is 1. The van der Waals surface area contributed by atoms with Crippen LogP contribution in [0.5, 0.6) is 23.0 Å². The quantitative estimate of drug-likeness (QED) is 0.105. The minimum atomic E-state index is -0.978. The van der Waals surface area contributed by atoms with Gasteiger partial charge in [-0.05, 0) is 66.2 Å². The summed E-state index contributed by atoms with van der Waals surface area (Å²) in [7, 11) is 2.97. The van der Waals surface area contributed by atoms with E-state index >= 15 is 0 Å². The third-order valence-electron chi connectivity index (χ3n) is 5.74. The van der Waals surface area contributed by atoms with E-state index in [1.165, 1.54) is 26.5 Å². The largest absolute Gasteiger partial charge is 0.494 e. The molecule has 0 heterocycles. The van der Waals surface area contributed by atoms with E-state index in [2.05, 4.69) is 15.8 Å². The highest BCUT2D eigenvalue weighted by Crippen LogP contribution is 2.30. The van der Waals surface area contributed by atoms with E-state index in [1.54, 1.807) is 48.5 Å². The maximum atomic E-state index is 13.0. The van der Waals surface area contributed by atoms with E-state index in [-0.39, 0.29) is 11.3 Å². The van der Waals surface area contributed by atoms with Crippen LogP contribution in [0.25, 0.3) is 10.8 Å². The molecule has 0 radical (unpaired) electrons. The van der Waals surface area contributed by atoms with Crippen LogP contribution in [0.1, 0.15) is 22.8 Å². The molecule has 2 N–H and O–H groups in total. The molecule has 0 aliphatic carbocycles. The number of carbonyl (C=O) groups is 3. The van der Waals surface area contributed by atoms with E-state index in [9.17, 15) is 14.4 Å². The number of methoxy groups -OCH3 is 2. The van der Waals surface area contributed by atoms with Crippen LogP contribution in [-0.4, -0.2) is 44.8 Å². The maximum absolute atomic E-state index is 13.0. The molecule has 10 nitrogen and oxygen atoms in total. The van der Waals surface area contributed by atoms with Gasteiger partial charge in [0.25, 0.3) is 0 Å². The van der Waals surface area contributed by atoms with Crippen molar-refractivity contribution in [3.8, 4) is 23.0 Å². The van der Waals surface area contributed by atoms with Gasteiger partial charge in [0.15, 0.2) is 11.5 Å². The second-order valence-electron chi connectivity index (χ2n) is 8.27. The number of benzene rings is 4. The summed E-state index contributed by atoms with van der Waals surface area (Å²) in [4.78, 5) is 37.7. The van der Waals surface area contributed by atoms with E-state index in [0.29, 0.717) is 35.1 Å². The lowest BCUT2D eigenvalue weighted by atomic mass is 10.0. The smallest absolute Gasteiger partial charge is 0.343 e. The first-order valence-electron chi connectivity index (χ1n) is 12.3. The Morgan fingerprint density at radius 3 is 2.27 bits per heavy atom. The van der Waals surface area contributed by atoms with Gasteiger partial charge in [0.1, 0.15) is 11.5 Å². The summed E-state index contributed by atoms with van der Waals surface area (Å²) in [5.74, 6) is -0.816. The second-order valence-corrected chi connectivity index (χ2v) is 8.27. The molecule has 0 aliphatic rings. The molecule has 0 saturated heterocycles. The van der Waals surface area contributed by atoms with Crippen LogP contribution < -0.4 is 29.7 Å². The molecule has 0 saturated carbocycles. The number of carbonyl (C=O) groups excluding carboxylic acids is 3. The molecule has 204 valence electrons. The number of hydrazone groups is 1. The molecule has 2 amide bonds. The first kappa shape index (κ1) is 27.6. The molecule has 4 aromatic carbocycles. The maximum Gasteiger partial charge on any atom is 0.343 e. The molecule has 0 aliphatic heterocycles. The molecule has 0 atom stereocenters. The van der Waals surface area contributed by atoms with Crippen LogP contribution in [0, 0.1) is 0 Å². The van der Waals surface area contributed by atoms with Gasteiger partial charge in [-0.1, -0.05) is 30.3 Å². The van der Waals surface area contributed by atoms with Crippen LogP contribution in [0.3, 0.4) is 0 Å². The summed E-state index contributed by atoms with van der Waals surface area (Å²) in [5.41, 5.74) is 3.31. The minimum Gasteiger partial charge on any atom is -0.494 e. The third kappa shape index (κ3) is 6.54. The SMILES string of the molecule is CCOc1ccc(NC(=O)C(=O)NN=Cc2c(OC(=O)c3ccc(OC)c(OC)c3)ccc3ccccc23)cc1. The van der Waals surface area contributed by atoms with Gasteiger partial charge < -0.3 is 24.3 Å². The molecule has 0 bridgehead atoms. The van der Waals surface area contributed by atoms with Crippen LogP contribution in [0.15, 0.2) is 84.0 Å².